The van der Waals surface area contributed by atoms with Crippen molar-refractivity contribution in [2.45, 2.75) is 32.4 Å². The van der Waals surface area contributed by atoms with Crippen LogP contribution >= 0.6 is 11.6 Å². The van der Waals surface area contributed by atoms with E-state index in [1.165, 1.54) is 6.92 Å². The molecule has 0 bridgehead atoms. The van der Waals surface area contributed by atoms with Gasteiger partial charge in [0.25, 0.3) is 0 Å². The molecule has 1 N–H and O–H groups in total. The van der Waals surface area contributed by atoms with Gasteiger partial charge in [0.15, 0.2) is 5.82 Å². The Balaban J connectivity index is 1.65. The summed E-state index contributed by atoms with van der Waals surface area (Å²) in [6, 6.07) is 41.7. The zero-order chi connectivity index (χ0) is 31.6. The molecule has 6 nitrogen and oxygen atoms in total. The first-order valence-electron chi connectivity index (χ1n) is 14.8. The molecule has 0 fully saturated rings. The number of hydrogen-bond acceptors (Lipinski definition) is 4. The van der Waals surface area contributed by atoms with E-state index in [9.17, 15) is 9.59 Å². The lowest BCUT2D eigenvalue weighted by Gasteiger charge is -2.37. The van der Waals surface area contributed by atoms with Crippen LogP contribution in [0.15, 0.2) is 127 Å². The maximum absolute atomic E-state index is 12.7. The lowest BCUT2D eigenvalue weighted by Crippen LogP contribution is -2.38. The second-order valence-corrected chi connectivity index (χ2v) is 11.5. The van der Waals surface area contributed by atoms with Crippen LogP contribution in [-0.2, 0) is 15.1 Å². The number of nitrogens with one attached hydrogen (secondary N) is 1. The minimum Gasteiger partial charge on any atom is -0.459 e. The summed E-state index contributed by atoms with van der Waals surface area (Å²) >= 11 is 6.69. The monoisotopic (exact) mass is 613 g/mol. The molecule has 5 aromatic carbocycles. The van der Waals surface area contributed by atoms with Crippen LogP contribution in [0.4, 0.5) is 5.82 Å². The van der Waals surface area contributed by atoms with Crippen LogP contribution < -0.4 is 5.32 Å². The summed E-state index contributed by atoms with van der Waals surface area (Å²) in [6.45, 7) is 5.09. The van der Waals surface area contributed by atoms with Gasteiger partial charge < -0.3 is 10.1 Å². The molecule has 1 amide bonds. The van der Waals surface area contributed by atoms with Gasteiger partial charge in [0.1, 0.15) is 5.54 Å². The Labute approximate surface area is 267 Å². The Hall–Kier alpha value is -5.20. The highest BCUT2D eigenvalue weighted by Crippen LogP contribution is 2.44. The molecule has 45 heavy (non-hydrogen) atoms. The van der Waals surface area contributed by atoms with E-state index in [1.807, 2.05) is 91.3 Å². The molecule has 0 atom stereocenters. The maximum Gasteiger partial charge on any atom is 0.338 e. The Bertz CT molecular complexity index is 1890. The third-order valence-electron chi connectivity index (χ3n) is 7.72. The topological polar surface area (TPSA) is 73.2 Å². The van der Waals surface area contributed by atoms with Crippen LogP contribution in [0.1, 0.15) is 47.8 Å². The van der Waals surface area contributed by atoms with Crippen molar-refractivity contribution in [1.29, 1.82) is 0 Å². The van der Waals surface area contributed by atoms with Crippen molar-refractivity contribution in [3.05, 3.63) is 155 Å². The van der Waals surface area contributed by atoms with Gasteiger partial charge in [-0.05, 0) is 66.4 Å². The van der Waals surface area contributed by atoms with Crippen LogP contribution in [0, 0.1) is 0 Å². The van der Waals surface area contributed by atoms with E-state index in [0.29, 0.717) is 22.0 Å². The molecule has 0 aliphatic heterocycles. The van der Waals surface area contributed by atoms with E-state index >= 15 is 0 Å². The van der Waals surface area contributed by atoms with E-state index in [-0.39, 0.29) is 12.0 Å². The quantitative estimate of drug-likeness (QED) is 0.138. The molecule has 0 spiro atoms. The lowest BCUT2D eigenvalue weighted by molar-refractivity contribution is -0.114. The molecular formula is C38H32ClN3O3. The molecule has 6 aromatic rings. The first kappa shape index (κ1) is 29.9. The SMILES string of the molecule is CC(=O)Nc1nn(C(c2ccccc2)(c2ccccc2)c2ccccc2)c2ccc(-c3cc(C(=O)OC(C)C)ccc3Cl)cc12. The molecule has 1 heterocycles. The summed E-state index contributed by atoms with van der Waals surface area (Å²) in [5.41, 5.74) is 4.75. The molecule has 0 aliphatic rings. The fourth-order valence-electron chi connectivity index (χ4n) is 5.86. The van der Waals surface area contributed by atoms with Crippen LogP contribution in [0.5, 0.6) is 0 Å². The van der Waals surface area contributed by atoms with Gasteiger partial charge in [-0.15, -0.1) is 0 Å². The summed E-state index contributed by atoms with van der Waals surface area (Å²) in [6.07, 6.45) is -0.252. The highest BCUT2D eigenvalue weighted by atomic mass is 35.5. The average molecular weight is 614 g/mol. The number of rotatable bonds is 8. The summed E-state index contributed by atoms with van der Waals surface area (Å²) in [5.74, 6) is -0.250. The number of amides is 1. The smallest absolute Gasteiger partial charge is 0.338 e. The number of benzene rings is 5. The fourth-order valence-corrected chi connectivity index (χ4v) is 6.09. The molecule has 0 aliphatic carbocycles. The van der Waals surface area contributed by atoms with E-state index in [0.717, 1.165) is 33.2 Å². The van der Waals surface area contributed by atoms with Crippen molar-refractivity contribution in [3.63, 3.8) is 0 Å². The van der Waals surface area contributed by atoms with Crippen LogP contribution in [-0.4, -0.2) is 27.8 Å². The number of aromatic nitrogens is 2. The van der Waals surface area contributed by atoms with Gasteiger partial charge in [0.05, 0.1) is 17.2 Å². The van der Waals surface area contributed by atoms with Gasteiger partial charge >= 0.3 is 5.97 Å². The van der Waals surface area contributed by atoms with Gasteiger partial charge in [-0.2, -0.15) is 5.10 Å². The maximum atomic E-state index is 12.7. The van der Waals surface area contributed by atoms with Gasteiger partial charge in [0.2, 0.25) is 5.91 Å². The molecule has 0 unspecified atom stereocenters. The molecule has 1 aromatic heterocycles. The largest absolute Gasteiger partial charge is 0.459 e. The van der Waals surface area contributed by atoms with E-state index in [1.54, 1.807) is 18.2 Å². The molecule has 7 heteroatoms. The predicted octanol–water partition coefficient (Wildman–Crippen LogP) is 8.72. The number of anilines is 1. The molecule has 6 rings (SSSR count). The first-order valence-corrected chi connectivity index (χ1v) is 15.1. The zero-order valence-electron chi connectivity index (χ0n) is 25.2. The molecular weight excluding hydrogens is 582 g/mol. The van der Waals surface area contributed by atoms with Gasteiger partial charge in [0, 0.05) is 22.9 Å². The molecule has 224 valence electrons. The number of hydrogen-bond donors (Lipinski definition) is 1. The van der Waals surface area contributed by atoms with Gasteiger partial charge in [-0.1, -0.05) is 109 Å². The lowest BCUT2D eigenvalue weighted by atomic mass is 9.77. The summed E-state index contributed by atoms with van der Waals surface area (Å²) < 4.78 is 7.42. The first-order chi connectivity index (χ1) is 21.8. The second kappa shape index (κ2) is 12.4. The summed E-state index contributed by atoms with van der Waals surface area (Å²) in [5, 5.41) is 9.31. The highest BCUT2D eigenvalue weighted by Gasteiger charge is 2.41. The fraction of sp³-hybridized carbons (Fsp3) is 0.132. The standard InChI is InChI=1S/C38H32ClN3O3/c1-25(2)45-37(44)28-19-21-34(39)32(24-28)27-20-22-35-33(23-27)36(40-26(3)43)41-42(35)38(29-13-7-4-8-14-29,30-15-9-5-10-16-30)31-17-11-6-12-18-31/h4-25H,1-3H3,(H,40,41,43). The van der Waals surface area contributed by atoms with Crippen molar-refractivity contribution in [2.24, 2.45) is 0 Å². The number of carbonyl (C=O) groups excluding carboxylic acids is 2. The second-order valence-electron chi connectivity index (χ2n) is 11.1. The minimum atomic E-state index is -0.890. The van der Waals surface area contributed by atoms with E-state index in [2.05, 4.69) is 41.7 Å². The third-order valence-corrected chi connectivity index (χ3v) is 8.05. The number of nitrogens with zero attached hydrogens (tertiary/aromatic N) is 2. The van der Waals surface area contributed by atoms with Crippen molar-refractivity contribution in [3.8, 4) is 11.1 Å². The summed E-state index contributed by atoms with van der Waals surface area (Å²) in [7, 11) is 0. The van der Waals surface area contributed by atoms with Crippen molar-refractivity contribution < 1.29 is 14.3 Å². The number of ether oxygens (including phenoxy) is 1. The van der Waals surface area contributed by atoms with Crippen molar-refractivity contribution >= 4 is 40.2 Å². The Morgan fingerprint density at radius 3 is 1.84 bits per heavy atom. The molecule has 0 radical (unpaired) electrons. The zero-order valence-corrected chi connectivity index (χ0v) is 26.0. The average Bonchev–Trinajstić information content (AvgIpc) is 3.40. The number of halogens is 1. The summed E-state index contributed by atoms with van der Waals surface area (Å²) in [4.78, 5) is 25.2. The van der Waals surface area contributed by atoms with Crippen LogP contribution in [0.2, 0.25) is 5.02 Å². The van der Waals surface area contributed by atoms with Gasteiger partial charge in [-0.3, -0.25) is 4.79 Å². The van der Waals surface area contributed by atoms with E-state index in [4.69, 9.17) is 21.4 Å². The highest BCUT2D eigenvalue weighted by molar-refractivity contribution is 6.33. The van der Waals surface area contributed by atoms with Crippen LogP contribution in [0.25, 0.3) is 22.0 Å². The number of fused-ring (bicyclic) bond motifs is 1. The number of carbonyl (C=O) groups is 2. The van der Waals surface area contributed by atoms with E-state index < -0.39 is 11.5 Å². The minimum absolute atomic E-state index is 0.242. The van der Waals surface area contributed by atoms with Crippen molar-refractivity contribution in [1.82, 2.24) is 9.78 Å². The molecule has 0 saturated heterocycles. The molecule has 0 saturated carbocycles. The Morgan fingerprint density at radius 2 is 1.33 bits per heavy atom. The normalized spacial score (nSPS) is 11.5. The Kier molecular flexibility index (Phi) is 8.24. The van der Waals surface area contributed by atoms with Crippen LogP contribution in [0.3, 0.4) is 0 Å². The predicted molar refractivity (Wildman–Crippen MR) is 180 cm³/mol. The third kappa shape index (κ3) is 5.61. The van der Waals surface area contributed by atoms with Gasteiger partial charge in [-0.25, -0.2) is 9.48 Å². The van der Waals surface area contributed by atoms with Crippen molar-refractivity contribution in [2.75, 3.05) is 5.32 Å². The number of esters is 1. The Morgan fingerprint density at radius 1 is 0.778 bits per heavy atom.